The number of hydrogen-bond donors (Lipinski definition) is 0. The van der Waals surface area contributed by atoms with Crippen LogP contribution >= 0.6 is 0 Å². The van der Waals surface area contributed by atoms with Crippen LogP contribution in [0.3, 0.4) is 0 Å². The molecule has 72 valence electrons. The molecule has 1 heterocycles. The lowest BCUT2D eigenvalue weighted by molar-refractivity contribution is 0.384. The molecule has 2 aliphatic rings. The summed E-state index contributed by atoms with van der Waals surface area (Å²) in [7, 11) is 1.70. The normalized spacial score (nSPS) is 27.5. The molecule has 2 bridgehead atoms. The summed E-state index contributed by atoms with van der Waals surface area (Å²) in [6.45, 7) is 0. The van der Waals surface area contributed by atoms with Crippen LogP contribution in [0.2, 0.25) is 0 Å². The molecule has 2 unspecified atom stereocenters. The molecule has 0 radical (unpaired) electrons. The van der Waals surface area contributed by atoms with E-state index in [9.17, 15) is 0 Å². The Morgan fingerprint density at radius 1 is 1.43 bits per heavy atom. The second-order valence-electron chi connectivity index (χ2n) is 4.08. The molecule has 3 rings (SSSR count). The molecule has 0 fully saturated rings. The van der Waals surface area contributed by atoms with Gasteiger partial charge < -0.3 is 4.74 Å². The highest BCUT2D eigenvalue weighted by atomic mass is 16.5. The first-order chi connectivity index (χ1) is 6.88. The van der Waals surface area contributed by atoms with E-state index in [0.29, 0.717) is 11.8 Å². The lowest BCUT2D eigenvalue weighted by atomic mass is 9.83. The summed E-state index contributed by atoms with van der Waals surface area (Å²) in [4.78, 5) is 4.26. The van der Waals surface area contributed by atoms with E-state index < -0.39 is 0 Å². The van der Waals surface area contributed by atoms with Crippen molar-refractivity contribution in [2.75, 3.05) is 7.11 Å². The first-order valence-electron chi connectivity index (χ1n) is 5.08. The van der Waals surface area contributed by atoms with Gasteiger partial charge in [0.05, 0.1) is 7.11 Å². The Hall–Kier alpha value is -1.31. The number of rotatable bonds is 1. The summed E-state index contributed by atoms with van der Waals surface area (Å²) in [5, 5.41) is 0. The first kappa shape index (κ1) is 8.04. The molecule has 0 saturated heterocycles. The van der Waals surface area contributed by atoms with E-state index in [2.05, 4.69) is 23.2 Å². The minimum Gasteiger partial charge on any atom is -0.481 e. The maximum atomic E-state index is 5.30. The smallest absolute Gasteiger partial charge is 0.216 e. The monoisotopic (exact) mass is 187 g/mol. The zero-order valence-corrected chi connectivity index (χ0v) is 8.23. The van der Waals surface area contributed by atoms with Gasteiger partial charge in [-0.1, -0.05) is 12.2 Å². The van der Waals surface area contributed by atoms with Crippen LogP contribution in [0.15, 0.2) is 24.4 Å². The Morgan fingerprint density at radius 2 is 2.36 bits per heavy atom. The lowest BCUT2D eigenvalue weighted by Gasteiger charge is -2.23. The fourth-order valence-electron chi connectivity index (χ4n) is 2.63. The molecule has 2 heteroatoms. The molecule has 2 nitrogen and oxygen atoms in total. The van der Waals surface area contributed by atoms with Crippen molar-refractivity contribution in [3.8, 4) is 5.88 Å². The number of nitrogens with zero attached hydrogens (tertiary/aromatic N) is 1. The maximum absolute atomic E-state index is 5.30. The van der Waals surface area contributed by atoms with Gasteiger partial charge in [-0.05, 0) is 30.4 Å². The van der Waals surface area contributed by atoms with Crippen LogP contribution in [0, 0.1) is 5.92 Å². The molecular formula is C12H13NO. The second kappa shape index (κ2) is 2.84. The Labute approximate surface area is 83.6 Å². The predicted molar refractivity (Wildman–Crippen MR) is 54.5 cm³/mol. The summed E-state index contributed by atoms with van der Waals surface area (Å²) in [6, 6.07) is 2.13. The van der Waals surface area contributed by atoms with E-state index in [4.69, 9.17) is 4.74 Å². The Bertz CT molecular complexity index is 397. The van der Waals surface area contributed by atoms with E-state index in [-0.39, 0.29) is 0 Å². The fourth-order valence-corrected chi connectivity index (χ4v) is 2.63. The molecule has 0 aromatic carbocycles. The predicted octanol–water partition coefficient (Wildman–Crippen LogP) is 2.31. The van der Waals surface area contributed by atoms with Gasteiger partial charge in [0.25, 0.3) is 0 Å². The average molecular weight is 187 g/mol. The third-order valence-electron chi connectivity index (χ3n) is 3.28. The number of ether oxygens (including phenoxy) is 1. The minimum atomic E-state index is 0.612. The lowest BCUT2D eigenvalue weighted by Crippen LogP contribution is -2.13. The van der Waals surface area contributed by atoms with Gasteiger partial charge in [-0.15, -0.1) is 0 Å². The van der Waals surface area contributed by atoms with Crippen LogP contribution < -0.4 is 4.74 Å². The topological polar surface area (TPSA) is 22.1 Å². The Balaban J connectivity index is 2.15. The number of pyridine rings is 1. The van der Waals surface area contributed by atoms with E-state index in [1.165, 1.54) is 17.5 Å². The van der Waals surface area contributed by atoms with Gasteiger partial charge >= 0.3 is 0 Å². The van der Waals surface area contributed by atoms with Crippen LogP contribution in [0.25, 0.3) is 0 Å². The third-order valence-corrected chi connectivity index (χ3v) is 3.28. The van der Waals surface area contributed by atoms with Crippen LogP contribution in [-0.2, 0) is 6.42 Å². The molecule has 2 atom stereocenters. The van der Waals surface area contributed by atoms with Crippen molar-refractivity contribution in [3.05, 3.63) is 35.5 Å². The molecule has 0 spiro atoms. The molecule has 0 saturated carbocycles. The number of aromatic nitrogens is 1. The van der Waals surface area contributed by atoms with Crippen LogP contribution in [-0.4, -0.2) is 12.1 Å². The largest absolute Gasteiger partial charge is 0.481 e. The number of hydrogen-bond acceptors (Lipinski definition) is 2. The zero-order valence-electron chi connectivity index (χ0n) is 8.23. The highest BCUT2D eigenvalue weighted by molar-refractivity contribution is 5.43. The number of methoxy groups -OCH3 is 1. The molecule has 1 aromatic heterocycles. The zero-order chi connectivity index (χ0) is 9.54. The van der Waals surface area contributed by atoms with Gasteiger partial charge in [-0.25, -0.2) is 4.98 Å². The molecule has 1 aromatic rings. The number of fused-ring (bicyclic) bond motifs is 4. The maximum Gasteiger partial charge on any atom is 0.216 e. The standard InChI is InChI=1S/C12H13NO/c1-14-12-11-7-8-2-3-9(6-8)10(11)4-5-13-12/h2-5,8-9H,6-7H2,1H3. The van der Waals surface area contributed by atoms with Crippen LogP contribution in [0.1, 0.15) is 23.5 Å². The fraction of sp³-hybridized carbons (Fsp3) is 0.417. The van der Waals surface area contributed by atoms with E-state index in [0.717, 1.165) is 12.3 Å². The summed E-state index contributed by atoms with van der Waals surface area (Å²) < 4.78 is 5.30. The van der Waals surface area contributed by atoms with Gasteiger partial charge in [0.2, 0.25) is 5.88 Å². The molecule has 0 amide bonds. The van der Waals surface area contributed by atoms with Crippen molar-refractivity contribution < 1.29 is 4.74 Å². The average Bonchev–Trinajstić information content (AvgIpc) is 2.61. The summed E-state index contributed by atoms with van der Waals surface area (Å²) >= 11 is 0. The van der Waals surface area contributed by atoms with Gasteiger partial charge in [-0.3, -0.25) is 0 Å². The van der Waals surface area contributed by atoms with Crippen molar-refractivity contribution in [2.24, 2.45) is 5.92 Å². The van der Waals surface area contributed by atoms with E-state index in [1.54, 1.807) is 7.11 Å². The van der Waals surface area contributed by atoms with E-state index >= 15 is 0 Å². The summed E-state index contributed by atoms with van der Waals surface area (Å²) in [5.74, 6) is 2.15. The number of allylic oxidation sites excluding steroid dienone is 2. The first-order valence-corrected chi connectivity index (χ1v) is 5.08. The van der Waals surface area contributed by atoms with Crippen LogP contribution in [0.5, 0.6) is 5.88 Å². The highest BCUT2D eigenvalue weighted by Gasteiger charge is 2.30. The minimum absolute atomic E-state index is 0.612. The molecule has 2 aliphatic carbocycles. The highest BCUT2D eigenvalue weighted by Crippen LogP contribution is 2.43. The molecule has 0 N–H and O–H groups in total. The summed E-state index contributed by atoms with van der Waals surface area (Å²) in [6.07, 6.45) is 8.89. The Kier molecular flexibility index (Phi) is 1.63. The van der Waals surface area contributed by atoms with Crippen molar-refractivity contribution in [1.82, 2.24) is 4.98 Å². The Morgan fingerprint density at radius 3 is 3.21 bits per heavy atom. The van der Waals surface area contributed by atoms with E-state index in [1.807, 2.05) is 6.20 Å². The second-order valence-corrected chi connectivity index (χ2v) is 4.08. The quantitative estimate of drug-likeness (QED) is 0.629. The molecular weight excluding hydrogens is 174 g/mol. The summed E-state index contributed by atoms with van der Waals surface area (Å²) in [5.41, 5.74) is 2.74. The van der Waals surface area contributed by atoms with Gasteiger partial charge in [0.1, 0.15) is 0 Å². The van der Waals surface area contributed by atoms with Gasteiger partial charge in [0, 0.05) is 17.7 Å². The van der Waals surface area contributed by atoms with Gasteiger partial charge in [0.15, 0.2) is 0 Å². The van der Waals surface area contributed by atoms with Crippen molar-refractivity contribution in [2.45, 2.75) is 18.8 Å². The van der Waals surface area contributed by atoms with Gasteiger partial charge in [-0.2, -0.15) is 0 Å². The SMILES string of the molecule is COc1nccc2c1CC1C=CC2C1. The van der Waals surface area contributed by atoms with Crippen molar-refractivity contribution in [1.29, 1.82) is 0 Å². The third kappa shape index (κ3) is 0.999. The van der Waals surface area contributed by atoms with Crippen molar-refractivity contribution in [3.63, 3.8) is 0 Å². The van der Waals surface area contributed by atoms with Crippen LogP contribution in [0.4, 0.5) is 0 Å². The van der Waals surface area contributed by atoms with Crippen molar-refractivity contribution >= 4 is 0 Å². The molecule has 0 aliphatic heterocycles. The molecule has 14 heavy (non-hydrogen) atoms.